The molecule has 0 amide bonds. The largest absolute Gasteiger partial charge is 0.497 e. The number of rotatable bonds is 4. The van der Waals surface area contributed by atoms with Crippen molar-refractivity contribution < 1.29 is 14.3 Å². The van der Waals surface area contributed by atoms with E-state index >= 15 is 0 Å². The molecule has 1 aliphatic heterocycles. The van der Waals surface area contributed by atoms with Crippen LogP contribution in [0.5, 0.6) is 5.75 Å². The molecule has 1 N–H and O–H groups in total. The molecular weight excluding hydrogens is 348 g/mol. The molecule has 0 aliphatic carbocycles. The molecule has 2 aromatic carbocycles. The normalized spacial score (nSPS) is 17.0. The Balaban J connectivity index is 2.09. The molecule has 0 fully saturated rings. The van der Waals surface area contributed by atoms with E-state index in [0.717, 1.165) is 22.7 Å². The van der Waals surface area contributed by atoms with E-state index < -0.39 is 0 Å². The van der Waals surface area contributed by atoms with Crippen LogP contribution in [0.4, 0.5) is 5.69 Å². The van der Waals surface area contributed by atoms with Crippen molar-refractivity contribution in [1.29, 1.82) is 0 Å². The minimum absolute atomic E-state index is 0.356. The number of carbonyl (C=O) groups is 1. The fourth-order valence-electron chi connectivity index (χ4n) is 3.06. The van der Waals surface area contributed by atoms with Crippen LogP contribution >= 0.6 is 12.2 Å². The van der Waals surface area contributed by atoms with Gasteiger partial charge in [-0.1, -0.05) is 30.3 Å². The SMILES string of the molecule is COC(=O)C1=C(C)N(c2ccc(OC)cc2)C(=S)N[C@@H]1c1ccccc1. The highest BCUT2D eigenvalue weighted by Gasteiger charge is 2.35. The maximum atomic E-state index is 12.5. The summed E-state index contributed by atoms with van der Waals surface area (Å²) in [4.78, 5) is 14.4. The predicted octanol–water partition coefficient (Wildman–Crippen LogP) is 3.58. The topological polar surface area (TPSA) is 50.8 Å². The van der Waals surface area contributed by atoms with Crippen LogP contribution in [0.1, 0.15) is 18.5 Å². The van der Waals surface area contributed by atoms with Crippen molar-refractivity contribution in [2.75, 3.05) is 19.1 Å². The molecule has 0 bridgehead atoms. The van der Waals surface area contributed by atoms with Gasteiger partial charge < -0.3 is 14.8 Å². The Kier molecular flexibility index (Phi) is 5.23. The second-order valence-electron chi connectivity index (χ2n) is 5.82. The zero-order valence-electron chi connectivity index (χ0n) is 14.9. The van der Waals surface area contributed by atoms with E-state index in [-0.39, 0.29) is 12.0 Å². The number of hydrogen-bond donors (Lipinski definition) is 1. The number of ether oxygens (including phenoxy) is 2. The Hall–Kier alpha value is -2.86. The van der Waals surface area contributed by atoms with Crippen LogP contribution in [0.15, 0.2) is 65.9 Å². The highest BCUT2D eigenvalue weighted by molar-refractivity contribution is 7.80. The van der Waals surface area contributed by atoms with E-state index in [2.05, 4.69) is 5.32 Å². The molecule has 1 atom stereocenters. The van der Waals surface area contributed by atoms with Crippen LogP contribution in [0.3, 0.4) is 0 Å². The molecule has 0 saturated heterocycles. The third kappa shape index (κ3) is 3.28. The quantitative estimate of drug-likeness (QED) is 0.658. The summed E-state index contributed by atoms with van der Waals surface area (Å²) in [5.41, 5.74) is 3.06. The van der Waals surface area contributed by atoms with Gasteiger partial charge in [0.1, 0.15) is 5.75 Å². The molecule has 1 heterocycles. The lowest BCUT2D eigenvalue weighted by molar-refractivity contribution is -0.136. The van der Waals surface area contributed by atoms with Gasteiger partial charge in [-0.3, -0.25) is 4.90 Å². The fraction of sp³-hybridized carbons (Fsp3) is 0.200. The molecule has 0 aromatic heterocycles. The van der Waals surface area contributed by atoms with Gasteiger partial charge in [0.15, 0.2) is 5.11 Å². The third-order valence-corrected chi connectivity index (χ3v) is 4.65. The Bertz CT molecular complexity index is 847. The summed E-state index contributed by atoms with van der Waals surface area (Å²) in [5, 5.41) is 3.80. The first-order valence-corrected chi connectivity index (χ1v) is 8.56. The fourth-order valence-corrected chi connectivity index (χ4v) is 3.42. The minimum atomic E-state index is -0.384. The molecule has 0 spiro atoms. The van der Waals surface area contributed by atoms with Crippen molar-refractivity contribution in [3.8, 4) is 5.75 Å². The number of allylic oxidation sites excluding steroid dienone is 1. The van der Waals surface area contributed by atoms with Crippen LogP contribution < -0.4 is 15.0 Å². The van der Waals surface area contributed by atoms with Gasteiger partial charge in [0, 0.05) is 11.4 Å². The average Bonchev–Trinajstić information content (AvgIpc) is 2.68. The smallest absolute Gasteiger partial charge is 0.337 e. The maximum Gasteiger partial charge on any atom is 0.337 e. The second kappa shape index (κ2) is 7.58. The lowest BCUT2D eigenvalue weighted by Crippen LogP contribution is -2.48. The van der Waals surface area contributed by atoms with Gasteiger partial charge in [0.2, 0.25) is 0 Å². The summed E-state index contributed by atoms with van der Waals surface area (Å²) in [5.74, 6) is 0.367. The first-order valence-electron chi connectivity index (χ1n) is 8.15. The van der Waals surface area contributed by atoms with Gasteiger partial charge in [-0.15, -0.1) is 0 Å². The van der Waals surface area contributed by atoms with E-state index in [1.807, 2.05) is 66.4 Å². The van der Waals surface area contributed by atoms with Crippen molar-refractivity contribution in [1.82, 2.24) is 5.32 Å². The lowest BCUT2D eigenvalue weighted by atomic mass is 9.95. The molecule has 3 rings (SSSR count). The molecule has 6 heteroatoms. The summed E-state index contributed by atoms with van der Waals surface area (Å²) >= 11 is 5.60. The van der Waals surface area contributed by atoms with E-state index in [9.17, 15) is 4.79 Å². The summed E-state index contributed by atoms with van der Waals surface area (Å²) in [7, 11) is 3.00. The number of esters is 1. The lowest BCUT2D eigenvalue weighted by Gasteiger charge is -2.37. The van der Waals surface area contributed by atoms with Gasteiger partial charge in [-0.2, -0.15) is 0 Å². The van der Waals surface area contributed by atoms with Gasteiger partial charge >= 0.3 is 5.97 Å². The molecule has 134 valence electrons. The van der Waals surface area contributed by atoms with Crippen LogP contribution in [-0.2, 0) is 9.53 Å². The van der Waals surface area contributed by atoms with Crippen molar-refractivity contribution in [2.45, 2.75) is 13.0 Å². The van der Waals surface area contributed by atoms with Crippen LogP contribution in [0.25, 0.3) is 0 Å². The van der Waals surface area contributed by atoms with Crippen LogP contribution in [0, 0.1) is 0 Å². The number of nitrogens with zero attached hydrogens (tertiary/aromatic N) is 1. The molecule has 5 nitrogen and oxygen atoms in total. The zero-order chi connectivity index (χ0) is 18.7. The molecular formula is C20H20N2O3S. The van der Waals surface area contributed by atoms with Gasteiger partial charge in [0.05, 0.1) is 25.8 Å². The van der Waals surface area contributed by atoms with Crippen molar-refractivity contribution >= 4 is 29.0 Å². The van der Waals surface area contributed by atoms with E-state index in [1.54, 1.807) is 7.11 Å². The number of nitrogens with one attached hydrogen (secondary N) is 1. The van der Waals surface area contributed by atoms with Crippen LogP contribution in [-0.4, -0.2) is 25.3 Å². The van der Waals surface area contributed by atoms with Gasteiger partial charge in [-0.05, 0) is 49.0 Å². The molecule has 0 unspecified atom stereocenters. The third-order valence-electron chi connectivity index (χ3n) is 4.35. The molecule has 1 aliphatic rings. The van der Waals surface area contributed by atoms with E-state index in [4.69, 9.17) is 21.7 Å². The molecule has 26 heavy (non-hydrogen) atoms. The Morgan fingerprint density at radius 2 is 1.73 bits per heavy atom. The molecule has 2 aromatic rings. The highest BCUT2D eigenvalue weighted by atomic mass is 32.1. The average molecular weight is 368 g/mol. The Labute approximate surface area is 158 Å². The summed E-state index contributed by atoms with van der Waals surface area (Å²) in [6.45, 7) is 1.87. The van der Waals surface area contributed by atoms with Crippen molar-refractivity contribution in [3.05, 3.63) is 71.4 Å². The standard InChI is InChI=1S/C20H20N2O3S/c1-13-17(19(23)25-3)18(14-7-5-4-6-8-14)21-20(26)22(13)15-9-11-16(24-2)12-10-15/h4-12,18H,1-3H3,(H,21,26)/t18-/m1/s1. The van der Waals surface area contributed by atoms with Crippen molar-refractivity contribution in [3.63, 3.8) is 0 Å². The summed E-state index contributed by atoms with van der Waals surface area (Å²) in [6.07, 6.45) is 0. The van der Waals surface area contributed by atoms with Gasteiger partial charge in [0.25, 0.3) is 0 Å². The zero-order valence-corrected chi connectivity index (χ0v) is 15.7. The maximum absolute atomic E-state index is 12.5. The Morgan fingerprint density at radius 3 is 2.31 bits per heavy atom. The van der Waals surface area contributed by atoms with E-state index in [1.165, 1.54) is 7.11 Å². The van der Waals surface area contributed by atoms with Crippen molar-refractivity contribution in [2.24, 2.45) is 0 Å². The highest BCUT2D eigenvalue weighted by Crippen LogP contribution is 2.34. The van der Waals surface area contributed by atoms with E-state index in [0.29, 0.717) is 10.7 Å². The van der Waals surface area contributed by atoms with Crippen LogP contribution in [0.2, 0.25) is 0 Å². The first-order chi connectivity index (χ1) is 12.6. The monoisotopic (exact) mass is 368 g/mol. The number of benzene rings is 2. The second-order valence-corrected chi connectivity index (χ2v) is 6.20. The first kappa shape index (κ1) is 17.9. The minimum Gasteiger partial charge on any atom is -0.497 e. The number of anilines is 1. The summed E-state index contributed by atoms with van der Waals surface area (Å²) < 4.78 is 10.2. The number of methoxy groups -OCH3 is 2. The molecule has 0 saturated carbocycles. The molecule has 0 radical (unpaired) electrons. The summed E-state index contributed by atoms with van der Waals surface area (Å²) in [6, 6.07) is 16.9. The predicted molar refractivity (Wildman–Crippen MR) is 105 cm³/mol. The van der Waals surface area contributed by atoms with Gasteiger partial charge in [-0.25, -0.2) is 4.79 Å². The number of thiocarbonyl (C=S) groups is 1. The number of hydrogen-bond acceptors (Lipinski definition) is 4. The Morgan fingerprint density at radius 1 is 1.08 bits per heavy atom. The number of carbonyl (C=O) groups excluding carboxylic acids is 1.